The standard InChI is InChI=1S/C45H28N4O/c1-4-13-29(14-5-1)34-20-12-21-37-35-19-10-11-22-39(35)49(42(34)37)33-24-25-36-38-27-32(23-26-40(38)50-41(36)28-33)45-47-43(30-15-6-2-7-16-30)46-44(48-45)31-17-8-3-9-18-31/h1-28H. The first-order chi connectivity index (χ1) is 24.8. The van der Waals surface area contributed by atoms with E-state index in [1.807, 2.05) is 72.8 Å². The summed E-state index contributed by atoms with van der Waals surface area (Å²) >= 11 is 0. The van der Waals surface area contributed by atoms with Crippen molar-refractivity contribution in [3.63, 3.8) is 0 Å². The molecule has 234 valence electrons. The number of furan rings is 1. The van der Waals surface area contributed by atoms with Gasteiger partial charge >= 0.3 is 0 Å². The van der Waals surface area contributed by atoms with Crippen LogP contribution in [0.4, 0.5) is 0 Å². The van der Waals surface area contributed by atoms with Gasteiger partial charge < -0.3 is 8.98 Å². The number of rotatable bonds is 5. The van der Waals surface area contributed by atoms with Crippen molar-refractivity contribution in [1.29, 1.82) is 0 Å². The van der Waals surface area contributed by atoms with E-state index >= 15 is 0 Å². The van der Waals surface area contributed by atoms with Gasteiger partial charge in [0.05, 0.1) is 11.0 Å². The Balaban J connectivity index is 1.14. The van der Waals surface area contributed by atoms with Crippen LogP contribution >= 0.6 is 0 Å². The highest BCUT2D eigenvalue weighted by Crippen LogP contribution is 2.40. The summed E-state index contributed by atoms with van der Waals surface area (Å²) in [5.74, 6) is 1.89. The Bertz CT molecular complexity index is 2800. The molecule has 10 aromatic rings. The van der Waals surface area contributed by atoms with Gasteiger partial charge in [-0.2, -0.15) is 0 Å². The van der Waals surface area contributed by atoms with E-state index in [-0.39, 0.29) is 0 Å². The van der Waals surface area contributed by atoms with E-state index < -0.39 is 0 Å². The van der Waals surface area contributed by atoms with Gasteiger partial charge in [-0.05, 0) is 42.0 Å². The van der Waals surface area contributed by atoms with Crippen molar-refractivity contribution in [1.82, 2.24) is 19.5 Å². The normalized spacial score (nSPS) is 11.6. The fourth-order valence-electron chi connectivity index (χ4n) is 7.12. The number of nitrogens with zero attached hydrogens (tertiary/aromatic N) is 4. The van der Waals surface area contributed by atoms with Gasteiger partial charge in [0.15, 0.2) is 17.5 Å². The molecule has 0 aliphatic rings. The number of aromatic nitrogens is 4. The SMILES string of the molecule is c1ccc(-c2nc(-c3ccccc3)nc(-c3ccc4oc5cc(-n6c7ccccc7c7cccc(-c8ccccc8)c76)ccc5c4c3)n2)cc1. The zero-order valence-electron chi connectivity index (χ0n) is 26.9. The second-order valence-corrected chi connectivity index (χ2v) is 12.5. The van der Waals surface area contributed by atoms with Crippen LogP contribution in [0.3, 0.4) is 0 Å². The fraction of sp³-hybridized carbons (Fsp3) is 0. The van der Waals surface area contributed by atoms with E-state index in [4.69, 9.17) is 19.4 Å². The highest BCUT2D eigenvalue weighted by atomic mass is 16.3. The van der Waals surface area contributed by atoms with Gasteiger partial charge in [-0.1, -0.05) is 127 Å². The highest BCUT2D eigenvalue weighted by Gasteiger charge is 2.19. The molecule has 0 fully saturated rings. The Hall–Kier alpha value is -6.85. The molecule has 7 aromatic carbocycles. The van der Waals surface area contributed by atoms with Crippen molar-refractivity contribution >= 4 is 43.7 Å². The van der Waals surface area contributed by atoms with Gasteiger partial charge in [0.1, 0.15) is 11.2 Å². The molecule has 0 spiro atoms. The van der Waals surface area contributed by atoms with Crippen LogP contribution in [-0.2, 0) is 0 Å². The molecule has 5 heteroatoms. The minimum Gasteiger partial charge on any atom is -0.456 e. The zero-order chi connectivity index (χ0) is 33.0. The number of hydrogen-bond acceptors (Lipinski definition) is 4. The Labute approximate surface area is 287 Å². The lowest BCUT2D eigenvalue weighted by Gasteiger charge is -2.12. The molecule has 0 saturated heterocycles. The maximum Gasteiger partial charge on any atom is 0.164 e. The largest absolute Gasteiger partial charge is 0.456 e. The smallest absolute Gasteiger partial charge is 0.164 e. The van der Waals surface area contributed by atoms with E-state index in [1.165, 1.54) is 27.4 Å². The molecule has 3 aromatic heterocycles. The lowest BCUT2D eigenvalue weighted by atomic mass is 10.0. The Morgan fingerprint density at radius 3 is 1.68 bits per heavy atom. The van der Waals surface area contributed by atoms with Crippen molar-refractivity contribution in [2.75, 3.05) is 0 Å². The molecule has 0 aliphatic heterocycles. The third kappa shape index (κ3) is 4.60. The van der Waals surface area contributed by atoms with Crippen LogP contribution in [0.25, 0.3) is 94.7 Å². The molecule has 50 heavy (non-hydrogen) atoms. The van der Waals surface area contributed by atoms with Crippen LogP contribution in [0.15, 0.2) is 174 Å². The molecular weight excluding hydrogens is 613 g/mol. The van der Waals surface area contributed by atoms with Gasteiger partial charge in [-0.3, -0.25) is 0 Å². The molecule has 0 amide bonds. The van der Waals surface area contributed by atoms with Crippen molar-refractivity contribution in [2.24, 2.45) is 0 Å². The van der Waals surface area contributed by atoms with E-state index in [0.29, 0.717) is 17.5 Å². The van der Waals surface area contributed by atoms with Gasteiger partial charge in [0, 0.05) is 55.6 Å². The summed E-state index contributed by atoms with van der Waals surface area (Å²) in [7, 11) is 0. The molecule has 5 nitrogen and oxygen atoms in total. The van der Waals surface area contributed by atoms with Crippen molar-refractivity contribution in [2.45, 2.75) is 0 Å². The minimum atomic E-state index is 0.615. The van der Waals surface area contributed by atoms with Crippen LogP contribution in [0.5, 0.6) is 0 Å². The summed E-state index contributed by atoms with van der Waals surface area (Å²) in [6, 6.07) is 58.6. The molecule has 0 unspecified atom stereocenters. The fourth-order valence-corrected chi connectivity index (χ4v) is 7.12. The van der Waals surface area contributed by atoms with Crippen LogP contribution in [0, 0.1) is 0 Å². The topological polar surface area (TPSA) is 56.7 Å². The van der Waals surface area contributed by atoms with Gasteiger partial charge in [0.25, 0.3) is 0 Å². The number of hydrogen-bond donors (Lipinski definition) is 0. The molecule has 0 atom stereocenters. The summed E-state index contributed by atoms with van der Waals surface area (Å²) in [5, 5.41) is 4.49. The predicted molar refractivity (Wildman–Crippen MR) is 203 cm³/mol. The molecular formula is C45H28N4O. The lowest BCUT2D eigenvalue weighted by Crippen LogP contribution is -2.00. The van der Waals surface area contributed by atoms with Crippen LogP contribution in [-0.4, -0.2) is 19.5 Å². The first-order valence-corrected chi connectivity index (χ1v) is 16.7. The predicted octanol–water partition coefficient (Wildman–Crippen LogP) is 11.5. The van der Waals surface area contributed by atoms with Crippen LogP contribution in [0.1, 0.15) is 0 Å². The van der Waals surface area contributed by atoms with Crippen molar-refractivity contribution in [3.05, 3.63) is 170 Å². The molecule has 0 aliphatic carbocycles. The third-order valence-corrected chi connectivity index (χ3v) is 9.45. The average molecular weight is 641 g/mol. The molecule has 0 radical (unpaired) electrons. The molecule has 0 N–H and O–H groups in total. The summed E-state index contributed by atoms with van der Waals surface area (Å²) in [6.07, 6.45) is 0. The summed E-state index contributed by atoms with van der Waals surface area (Å²) in [4.78, 5) is 14.8. The number of fused-ring (bicyclic) bond motifs is 6. The quantitative estimate of drug-likeness (QED) is 0.188. The molecule has 0 saturated carbocycles. The maximum atomic E-state index is 6.54. The summed E-state index contributed by atoms with van der Waals surface area (Å²) in [5.41, 5.74) is 10.2. The number of benzene rings is 7. The highest BCUT2D eigenvalue weighted by molar-refractivity contribution is 6.14. The van der Waals surface area contributed by atoms with Crippen molar-refractivity contribution < 1.29 is 4.42 Å². The second-order valence-electron chi connectivity index (χ2n) is 12.5. The van der Waals surface area contributed by atoms with E-state index in [1.54, 1.807) is 0 Å². The summed E-state index contributed by atoms with van der Waals surface area (Å²) < 4.78 is 8.91. The number of para-hydroxylation sites is 2. The van der Waals surface area contributed by atoms with E-state index in [2.05, 4.69) is 102 Å². The maximum absolute atomic E-state index is 6.54. The first kappa shape index (κ1) is 28.2. The Morgan fingerprint density at radius 2 is 0.980 bits per heavy atom. The van der Waals surface area contributed by atoms with Crippen molar-refractivity contribution in [3.8, 4) is 51.0 Å². The van der Waals surface area contributed by atoms with Gasteiger partial charge in [-0.15, -0.1) is 0 Å². The zero-order valence-corrected chi connectivity index (χ0v) is 26.9. The van der Waals surface area contributed by atoms with Crippen LogP contribution in [0.2, 0.25) is 0 Å². The van der Waals surface area contributed by atoms with Gasteiger partial charge in [-0.25, -0.2) is 15.0 Å². The second kappa shape index (κ2) is 11.4. The van der Waals surface area contributed by atoms with E-state index in [0.717, 1.165) is 49.8 Å². The molecule has 3 heterocycles. The lowest BCUT2D eigenvalue weighted by molar-refractivity contribution is 0.668. The molecule has 10 rings (SSSR count). The Morgan fingerprint density at radius 1 is 0.380 bits per heavy atom. The van der Waals surface area contributed by atoms with Crippen LogP contribution < -0.4 is 0 Å². The minimum absolute atomic E-state index is 0.615. The first-order valence-electron chi connectivity index (χ1n) is 16.7. The third-order valence-electron chi connectivity index (χ3n) is 9.45. The monoisotopic (exact) mass is 640 g/mol. The van der Waals surface area contributed by atoms with E-state index in [9.17, 15) is 0 Å². The Kier molecular flexibility index (Phi) is 6.42. The molecule has 0 bridgehead atoms. The average Bonchev–Trinajstić information content (AvgIpc) is 3.73. The summed E-state index contributed by atoms with van der Waals surface area (Å²) in [6.45, 7) is 0. The van der Waals surface area contributed by atoms with Gasteiger partial charge in [0.2, 0.25) is 0 Å².